The monoisotopic (exact) mass is 650 g/mol. The van der Waals surface area contributed by atoms with E-state index in [1.807, 2.05) is 18.2 Å². The Balaban J connectivity index is 1.16. The molecule has 51 heavy (non-hydrogen) atoms. The van der Waals surface area contributed by atoms with Crippen LogP contribution in [0.3, 0.4) is 0 Å². The van der Waals surface area contributed by atoms with Crippen LogP contribution in [0, 0.1) is 22.7 Å². The highest BCUT2D eigenvalue weighted by Crippen LogP contribution is 2.51. The van der Waals surface area contributed by atoms with Gasteiger partial charge in [0.1, 0.15) is 0 Å². The first-order chi connectivity index (χ1) is 24.9. The highest BCUT2D eigenvalue weighted by molar-refractivity contribution is 6.12. The van der Waals surface area contributed by atoms with E-state index < -0.39 is 0 Å². The topological polar surface area (TPSA) is 57.4 Å². The van der Waals surface area contributed by atoms with Crippen LogP contribution in [0.25, 0.3) is 77.2 Å². The van der Waals surface area contributed by atoms with Crippen molar-refractivity contribution in [1.29, 1.82) is 10.5 Å². The second-order valence-corrected chi connectivity index (χ2v) is 14.1. The van der Waals surface area contributed by atoms with Crippen molar-refractivity contribution in [3.05, 3.63) is 168 Å². The van der Waals surface area contributed by atoms with Crippen molar-refractivity contribution in [1.82, 2.24) is 9.13 Å². The fraction of sp³-hybridized carbons (Fsp3) is 0.0638. The molecule has 0 radical (unpaired) electrons. The average Bonchev–Trinajstić information content (AvgIpc) is 3.76. The maximum atomic E-state index is 9.74. The summed E-state index contributed by atoms with van der Waals surface area (Å²) >= 11 is 0. The molecule has 4 heteroatoms. The number of para-hydroxylation sites is 2. The molecule has 10 rings (SSSR count). The lowest BCUT2D eigenvalue weighted by Gasteiger charge is -2.21. The highest BCUT2D eigenvalue weighted by Gasteiger charge is 2.36. The molecule has 0 bridgehead atoms. The third-order valence-electron chi connectivity index (χ3n) is 10.9. The van der Waals surface area contributed by atoms with Crippen LogP contribution >= 0.6 is 0 Å². The summed E-state index contributed by atoms with van der Waals surface area (Å²) < 4.78 is 4.68. The number of fused-ring (bicyclic) bond motifs is 9. The van der Waals surface area contributed by atoms with Gasteiger partial charge in [-0.05, 0) is 112 Å². The van der Waals surface area contributed by atoms with Gasteiger partial charge in [-0.1, -0.05) is 80.6 Å². The van der Waals surface area contributed by atoms with Crippen LogP contribution in [0.1, 0.15) is 36.1 Å². The fourth-order valence-electron chi connectivity index (χ4n) is 8.53. The van der Waals surface area contributed by atoms with Gasteiger partial charge in [-0.3, -0.25) is 0 Å². The van der Waals surface area contributed by atoms with Gasteiger partial charge >= 0.3 is 0 Å². The molecule has 0 atom stereocenters. The number of hydrogen-bond donors (Lipinski definition) is 0. The molecular weight excluding hydrogens is 621 g/mol. The van der Waals surface area contributed by atoms with Crippen LogP contribution in [-0.4, -0.2) is 9.13 Å². The summed E-state index contributed by atoms with van der Waals surface area (Å²) in [4.78, 5) is 0. The molecular formula is C47H30N4. The van der Waals surface area contributed by atoms with Gasteiger partial charge in [-0.25, -0.2) is 0 Å². The Labute approximate surface area is 295 Å². The summed E-state index contributed by atoms with van der Waals surface area (Å²) in [5.41, 5.74) is 15.0. The molecule has 0 saturated carbocycles. The van der Waals surface area contributed by atoms with Gasteiger partial charge in [-0.15, -0.1) is 0 Å². The van der Waals surface area contributed by atoms with E-state index in [1.54, 1.807) is 0 Å². The van der Waals surface area contributed by atoms with Gasteiger partial charge in [0.25, 0.3) is 0 Å². The summed E-state index contributed by atoms with van der Waals surface area (Å²) in [7, 11) is 0. The minimum absolute atomic E-state index is 0.171. The lowest BCUT2D eigenvalue weighted by molar-refractivity contribution is 0.661. The molecule has 4 nitrogen and oxygen atoms in total. The largest absolute Gasteiger partial charge is 0.309 e. The van der Waals surface area contributed by atoms with Crippen molar-refractivity contribution >= 4 is 43.6 Å². The van der Waals surface area contributed by atoms with Crippen LogP contribution in [-0.2, 0) is 5.41 Å². The molecule has 9 aromatic rings. The number of benzene rings is 7. The van der Waals surface area contributed by atoms with Crippen LogP contribution in [0.4, 0.5) is 0 Å². The molecule has 7 aromatic carbocycles. The predicted molar refractivity (Wildman–Crippen MR) is 208 cm³/mol. The van der Waals surface area contributed by atoms with Crippen LogP contribution in [0.15, 0.2) is 146 Å². The Morgan fingerprint density at radius 2 is 0.961 bits per heavy atom. The Bertz CT molecular complexity index is 3030. The third-order valence-corrected chi connectivity index (χ3v) is 10.9. The van der Waals surface area contributed by atoms with Gasteiger partial charge in [0.05, 0.1) is 45.3 Å². The molecule has 0 N–H and O–H groups in total. The Hall–Kier alpha value is -6.88. The van der Waals surface area contributed by atoms with E-state index in [1.165, 1.54) is 27.5 Å². The molecule has 0 fully saturated rings. The zero-order chi connectivity index (χ0) is 34.4. The molecule has 0 amide bonds. The van der Waals surface area contributed by atoms with E-state index in [2.05, 4.69) is 163 Å². The summed E-state index contributed by atoms with van der Waals surface area (Å²) in [6.45, 7) is 4.57. The predicted octanol–water partition coefficient (Wildman–Crippen LogP) is 11.6. The zero-order valence-corrected chi connectivity index (χ0v) is 28.1. The quantitative estimate of drug-likeness (QED) is 0.191. The van der Waals surface area contributed by atoms with Crippen molar-refractivity contribution in [2.24, 2.45) is 0 Å². The van der Waals surface area contributed by atoms with Crippen LogP contribution in [0.5, 0.6) is 0 Å². The second kappa shape index (κ2) is 10.6. The average molecular weight is 651 g/mol. The Morgan fingerprint density at radius 3 is 1.61 bits per heavy atom. The molecule has 1 aliphatic carbocycles. The zero-order valence-electron chi connectivity index (χ0n) is 28.1. The van der Waals surface area contributed by atoms with Gasteiger partial charge in [0.2, 0.25) is 0 Å². The van der Waals surface area contributed by atoms with Crippen molar-refractivity contribution in [3.63, 3.8) is 0 Å². The number of hydrogen-bond acceptors (Lipinski definition) is 2. The van der Waals surface area contributed by atoms with Crippen LogP contribution in [0.2, 0.25) is 0 Å². The molecule has 0 spiro atoms. The number of rotatable bonds is 3. The first-order valence-electron chi connectivity index (χ1n) is 17.2. The van der Waals surface area contributed by atoms with Crippen molar-refractivity contribution < 1.29 is 0 Å². The highest BCUT2D eigenvalue weighted by atomic mass is 15.0. The lowest BCUT2D eigenvalue weighted by Crippen LogP contribution is -2.14. The summed E-state index contributed by atoms with van der Waals surface area (Å²) in [5.74, 6) is 0. The minimum Gasteiger partial charge on any atom is -0.309 e. The maximum absolute atomic E-state index is 9.74. The first kappa shape index (κ1) is 29.1. The van der Waals surface area contributed by atoms with E-state index >= 15 is 0 Å². The van der Waals surface area contributed by atoms with E-state index in [9.17, 15) is 10.5 Å². The van der Waals surface area contributed by atoms with E-state index in [0.717, 1.165) is 60.9 Å². The molecule has 0 saturated heterocycles. The van der Waals surface area contributed by atoms with Crippen LogP contribution < -0.4 is 0 Å². The number of aromatic nitrogens is 2. The van der Waals surface area contributed by atoms with Gasteiger partial charge in [-0.2, -0.15) is 10.5 Å². The van der Waals surface area contributed by atoms with Crippen molar-refractivity contribution in [3.8, 4) is 45.8 Å². The molecule has 0 aliphatic heterocycles. The van der Waals surface area contributed by atoms with Crippen molar-refractivity contribution in [2.75, 3.05) is 0 Å². The first-order valence-corrected chi connectivity index (χ1v) is 17.2. The summed E-state index contributed by atoms with van der Waals surface area (Å²) in [5, 5.41) is 24.0. The number of nitrogens with zero attached hydrogens (tertiary/aromatic N) is 4. The van der Waals surface area contributed by atoms with Gasteiger partial charge in [0.15, 0.2) is 0 Å². The second-order valence-electron chi connectivity index (χ2n) is 14.1. The molecule has 2 aromatic heterocycles. The smallest absolute Gasteiger partial charge is 0.0991 e. The molecule has 1 aliphatic rings. The molecule has 2 heterocycles. The fourth-order valence-corrected chi connectivity index (χ4v) is 8.53. The van der Waals surface area contributed by atoms with Crippen molar-refractivity contribution in [2.45, 2.75) is 19.3 Å². The van der Waals surface area contributed by atoms with E-state index in [4.69, 9.17) is 0 Å². The summed E-state index contributed by atoms with van der Waals surface area (Å²) in [6.07, 6.45) is 0. The third kappa shape index (κ3) is 4.11. The molecule has 238 valence electrons. The van der Waals surface area contributed by atoms with Gasteiger partial charge < -0.3 is 9.13 Å². The number of nitriles is 2. The normalized spacial score (nSPS) is 13.0. The minimum atomic E-state index is -0.171. The SMILES string of the molecule is CC1(C)c2ccc(C#N)cc2-c2cc3c(cc21)c1ccccc1n3-c1cccc(-c2cccc(-n3c4ccccc4c4cc(C#N)ccc43)c2)c1. The Morgan fingerprint density at radius 1 is 0.431 bits per heavy atom. The van der Waals surface area contributed by atoms with Gasteiger partial charge in [0, 0.05) is 38.3 Å². The molecule has 0 unspecified atom stereocenters. The lowest BCUT2D eigenvalue weighted by atomic mass is 9.82. The van der Waals surface area contributed by atoms with E-state index in [0.29, 0.717) is 11.1 Å². The summed E-state index contributed by atoms with van der Waals surface area (Å²) in [6, 6.07) is 56.0. The van der Waals surface area contributed by atoms with E-state index in [-0.39, 0.29) is 5.41 Å². The Kier molecular flexibility index (Phi) is 6.02. The maximum Gasteiger partial charge on any atom is 0.0991 e. The standard InChI is InChI=1S/C47H30N4/c1-47(2)41-19-17-29(27-48)21-37(41)38-26-46-40(25-42(38)47)36-14-4-6-16-44(36)51(46)34-12-8-10-32(24-34)31-9-7-11-33(23-31)50-43-15-5-3-13-35(43)39-22-30(28-49)18-20-45(39)50/h3-26H,1-2H3.